The number of carbonyl (C=O) groups is 2. The van der Waals surface area contributed by atoms with Crippen molar-refractivity contribution in [1.82, 2.24) is 0 Å². The maximum atomic E-state index is 12.7. The number of hydrogen-bond donors (Lipinski definition) is 1. The van der Waals surface area contributed by atoms with E-state index < -0.39 is 5.97 Å². The summed E-state index contributed by atoms with van der Waals surface area (Å²) in [6.45, 7) is 3.77. The molecule has 6 heteroatoms. The average Bonchev–Trinajstić information content (AvgIpc) is 2.55. The summed E-state index contributed by atoms with van der Waals surface area (Å²) in [5.74, 6) is -0.414. The van der Waals surface area contributed by atoms with Crippen molar-refractivity contribution in [2.24, 2.45) is 0 Å². The maximum absolute atomic E-state index is 12.7. The van der Waals surface area contributed by atoms with Crippen LogP contribution in [0, 0.1) is 0 Å². The van der Waals surface area contributed by atoms with Crippen molar-refractivity contribution in [2.75, 3.05) is 12.4 Å². The number of amides is 1. The third-order valence-electron chi connectivity index (χ3n) is 3.13. The van der Waals surface area contributed by atoms with Crippen LogP contribution in [0.5, 0.6) is 5.75 Å². The topological polar surface area (TPSA) is 64.6 Å². The van der Waals surface area contributed by atoms with E-state index in [1.54, 1.807) is 42.5 Å². The molecule has 0 bridgehead atoms. The molecule has 0 fully saturated rings. The van der Waals surface area contributed by atoms with Crippen LogP contribution < -0.4 is 10.1 Å². The van der Waals surface area contributed by atoms with Crippen LogP contribution in [-0.4, -0.2) is 25.1 Å². The molecule has 1 amide bonds. The molecule has 0 saturated carbocycles. The standard InChI is InChI=1S/C18H18BrNO4/c1-11(2)24-16-9-8-12(19)10-14(16)17(21)20-15-7-5-4-6-13(15)18(22)23-3/h4-11H,1-3H3,(H,20,21). The summed E-state index contributed by atoms with van der Waals surface area (Å²) in [5.41, 5.74) is 1.04. The average molecular weight is 392 g/mol. The number of para-hydroxylation sites is 1. The first-order valence-corrected chi connectivity index (χ1v) is 8.16. The Morgan fingerprint density at radius 2 is 1.79 bits per heavy atom. The molecule has 0 aliphatic rings. The van der Waals surface area contributed by atoms with E-state index in [-0.39, 0.29) is 17.6 Å². The zero-order chi connectivity index (χ0) is 17.7. The van der Waals surface area contributed by atoms with Crippen molar-refractivity contribution in [3.63, 3.8) is 0 Å². The Kier molecular flexibility index (Phi) is 5.98. The number of rotatable bonds is 5. The number of halogens is 1. The molecule has 0 radical (unpaired) electrons. The lowest BCUT2D eigenvalue weighted by atomic mass is 10.1. The van der Waals surface area contributed by atoms with Crippen LogP contribution in [0.3, 0.4) is 0 Å². The number of benzene rings is 2. The number of ether oxygens (including phenoxy) is 2. The summed E-state index contributed by atoms with van der Waals surface area (Å²) in [6.07, 6.45) is -0.0694. The van der Waals surface area contributed by atoms with E-state index >= 15 is 0 Å². The number of methoxy groups -OCH3 is 1. The highest BCUT2D eigenvalue weighted by Crippen LogP contribution is 2.26. The van der Waals surface area contributed by atoms with Gasteiger partial charge >= 0.3 is 5.97 Å². The molecule has 0 atom stereocenters. The first-order chi connectivity index (χ1) is 11.4. The Hall–Kier alpha value is -2.34. The Balaban J connectivity index is 2.34. The van der Waals surface area contributed by atoms with Crippen molar-refractivity contribution >= 4 is 33.5 Å². The number of esters is 1. The molecule has 0 saturated heterocycles. The lowest BCUT2D eigenvalue weighted by Gasteiger charge is -2.15. The van der Waals surface area contributed by atoms with Gasteiger partial charge in [0.15, 0.2) is 0 Å². The van der Waals surface area contributed by atoms with Gasteiger partial charge in [0.25, 0.3) is 5.91 Å². The summed E-state index contributed by atoms with van der Waals surface area (Å²) < 4.78 is 11.2. The largest absolute Gasteiger partial charge is 0.490 e. The fourth-order valence-electron chi connectivity index (χ4n) is 2.11. The summed E-state index contributed by atoms with van der Waals surface area (Å²) in [7, 11) is 1.30. The minimum absolute atomic E-state index is 0.0694. The van der Waals surface area contributed by atoms with Gasteiger partial charge in [-0.3, -0.25) is 4.79 Å². The highest BCUT2D eigenvalue weighted by molar-refractivity contribution is 9.10. The number of hydrogen-bond acceptors (Lipinski definition) is 4. The van der Waals surface area contributed by atoms with E-state index in [4.69, 9.17) is 9.47 Å². The third kappa shape index (κ3) is 4.35. The third-order valence-corrected chi connectivity index (χ3v) is 3.62. The molecular formula is C18H18BrNO4. The normalized spacial score (nSPS) is 10.4. The second-order valence-electron chi connectivity index (χ2n) is 5.30. The van der Waals surface area contributed by atoms with Crippen LogP contribution in [0.2, 0.25) is 0 Å². The minimum Gasteiger partial charge on any atom is -0.490 e. The highest BCUT2D eigenvalue weighted by Gasteiger charge is 2.18. The molecule has 2 aromatic carbocycles. The van der Waals surface area contributed by atoms with Gasteiger partial charge in [-0.2, -0.15) is 0 Å². The second-order valence-corrected chi connectivity index (χ2v) is 6.21. The Morgan fingerprint density at radius 3 is 2.46 bits per heavy atom. The predicted molar refractivity (Wildman–Crippen MR) is 95.6 cm³/mol. The van der Waals surface area contributed by atoms with Gasteiger partial charge in [0.2, 0.25) is 0 Å². The van der Waals surface area contributed by atoms with E-state index in [2.05, 4.69) is 21.2 Å². The zero-order valence-corrected chi connectivity index (χ0v) is 15.2. The molecular weight excluding hydrogens is 374 g/mol. The SMILES string of the molecule is COC(=O)c1ccccc1NC(=O)c1cc(Br)ccc1OC(C)C. The highest BCUT2D eigenvalue weighted by atomic mass is 79.9. The van der Waals surface area contributed by atoms with E-state index in [9.17, 15) is 9.59 Å². The molecule has 24 heavy (non-hydrogen) atoms. The van der Waals surface area contributed by atoms with Gasteiger partial charge in [0, 0.05) is 4.47 Å². The van der Waals surface area contributed by atoms with Gasteiger partial charge < -0.3 is 14.8 Å². The summed E-state index contributed by atoms with van der Waals surface area (Å²) in [4.78, 5) is 24.5. The van der Waals surface area contributed by atoms with Gasteiger partial charge in [-0.25, -0.2) is 4.79 Å². The zero-order valence-electron chi connectivity index (χ0n) is 13.6. The number of anilines is 1. The number of carbonyl (C=O) groups excluding carboxylic acids is 2. The van der Waals surface area contributed by atoms with Crippen LogP contribution in [0.15, 0.2) is 46.9 Å². The van der Waals surface area contributed by atoms with E-state index in [0.29, 0.717) is 17.0 Å². The minimum atomic E-state index is -0.515. The molecule has 0 unspecified atom stereocenters. The smallest absolute Gasteiger partial charge is 0.339 e. The molecule has 0 heterocycles. The van der Waals surface area contributed by atoms with Crippen molar-refractivity contribution in [2.45, 2.75) is 20.0 Å². The summed E-state index contributed by atoms with van der Waals surface area (Å²) in [6, 6.07) is 11.9. The van der Waals surface area contributed by atoms with Gasteiger partial charge in [-0.05, 0) is 44.2 Å². The quantitative estimate of drug-likeness (QED) is 0.772. The van der Waals surface area contributed by atoms with Gasteiger partial charge in [-0.1, -0.05) is 28.1 Å². The lowest BCUT2D eigenvalue weighted by Crippen LogP contribution is -2.17. The maximum Gasteiger partial charge on any atom is 0.339 e. The summed E-state index contributed by atoms with van der Waals surface area (Å²) >= 11 is 3.36. The predicted octanol–water partition coefficient (Wildman–Crippen LogP) is 4.28. The Morgan fingerprint density at radius 1 is 1.08 bits per heavy atom. The lowest BCUT2D eigenvalue weighted by molar-refractivity contribution is 0.0602. The fourth-order valence-corrected chi connectivity index (χ4v) is 2.47. The second kappa shape index (κ2) is 7.97. The molecule has 2 aromatic rings. The Labute approximate surface area is 149 Å². The molecule has 0 spiro atoms. The summed E-state index contributed by atoms with van der Waals surface area (Å²) in [5, 5.41) is 2.74. The molecule has 2 rings (SSSR count). The van der Waals surface area contributed by atoms with Crippen molar-refractivity contribution in [3.8, 4) is 5.75 Å². The van der Waals surface area contributed by atoms with Crippen LogP contribution in [0.25, 0.3) is 0 Å². The first kappa shape index (κ1) is 18.0. The van der Waals surface area contributed by atoms with Crippen molar-refractivity contribution in [3.05, 3.63) is 58.1 Å². The van der Waals surface area contributed by atoms with Gasteiger partial charge in [0.1, 0.15) is 5.75 Å². The van der Waals surface area contributed by atoms with E-state index in [0.717, 1.165) is 4.47 Å². The molecule has 0 aliphatic heterocycles. The monoisotopic (exact) mass is 391 g/mol. The van der Waals surface area contributed by atoms with Crippen LogP contribution >= 0.6 is 15.9 Å². The molecule has 126 valence electrons. The van der Waals surface area contributed by atoms with Crippen molar-refractivity contribution in [1.29, 1.82) is 0 Å². The van der Waals surface area contributed by atoms with Crippen LogP contribution in [0.4, 0.5) is 5.69 Å². The van der Waals surface area contributed by atoms with Crippen LogP contribution in [0.1, 0.15) is 34.6 Å². The van der Waals surface area contributed by atoms with Crippen molar-refractivity contribution < 1.29 is 19.1 Å². The number of nitrogens with one attached hydrogen (secondary N) is 1. The van der Waals surface area contributed by atoms with Crippen LogP contribution in [-0.2, 0) is 4.74 Å². The molecule has 0 aromatic heterocycles. The van der Waals surface area contributed by atoms with Gasteiger partial charge in [-0.15, -0.1) is 0 Å². The molecule has 1 N–H and O–H groups in total. The fraction of sp³-hybridized carbons (Fsp3) is 0.222. The Bertz CT molecular complexity index is 758. The first-order valence-electron chi connectivity index (χ1n) is 7.37. The molecule has 5 nitrogen and oxygen atoms in total. The van der Waals surface area contributed by atoms with E-state index in [1.807, 2.05) is 13.8 Å². The van der Waals surface area contributed by atoms with Gasteiger partial charge in [0.05, 0.1) is 30.0 Å². The van der Waals surface area contributed by atoms with E-state index in [1.165, 1.54) is 7.11 Å². The molecule has 0 aliphatic carbocycles.